The first-order valence-corrected chi connectivity index (χ1v) is 11.1. The predicted molar refractivity (Wildman–Crippen MR) is 127 cm³/mol. The maximum Gasteiger partial charge on any atom is 0.262 e. The Balaban J connectivity index is 1.51. The normalized spacial score (nSPS) is 16.4. The molecule has 0 bridgehead atoms. The number of carbonyl (C=O) groups excluding carboxylic acids is 1. The smallest absolute Gasteiger partial charge is 0.262 e. The molecule has 5 nitrogen and oxygen atoms in total. The number of hydrogen-bond acceptors (Lipinski definition) is 4. The van der Waals surface area contributed by atoms with Crippen molar-refractivity contribution in [3.63, 3.8) is 0 Å². The van der Waals surface area contributed by atoms with Crippen molar-refractivity contribution >= 4 is 28.3 Å². The fourth-order valence-electron chi connectivity index (χ4n) is 4.52. The number of nitrogens with one attached hydrogen (secondary N) is 1. The van der Waals surface area contributed by atoms with E-state index >= 15 is 0 Å². The largest absolute Gasteiger partial charge is 0.481 e. The lowest BCUT2D eigenvalue weighted by molar-refractivity contribution is -0.118. The SMILES string of the molecule is Cc1cc(C)c(NC(=O)COc2cccc3ccc(N4CCCCC4C)nc23)c(C)c1. The first-order valence-electron chi connectivity index (χ1n) is 11.1. The molecular formula is C26H31N3O2. The van der Waals surface area contributed by atoms with Gasteiger partial charge in [0, 0.05) is 23.7 Å². The molecule has 1 N–H and O–H groups in total. The molecule has 4 rings (SSSR count). The van der Waals surface area contributed by atoms with Crippen LogP contribution in [0.2, 0.25) is 0 Å². The van der Waals surface area contributed by atoms with Gasteiger partial charge in [-0.25, -0.2) is 4.98 Å². The summed E-state index contributed by atoms with van der Waals surface area (Å²) >= 11 is 0. The highest BCUT2D eigenvalue weighted by Crippen LogP contribution is 2.29. The van der Waals surface area contributed by atoms with E-state index in [0.29, 0.717) is 11.8 Å². The number of rotatable bonds is 5. The Morgan fingerprint density at radius 1 is 1.13 bits per heavy atom. The molecule has 0 aliphatic carbocycles. The minimum Gasteiger partial charge on any atom is -0.481 e. The number of nitrogens with zero attached hydrogens (tertiary/aromatic N) is 2. The number of pyridine rings is 1. The topological polar surface area (TPSA) is 54.5 Å². The highest BCUT2D eigenvalue weighted by atomic mass is 16.5. The number of para-hydroxylation sites is 1. The number of ether oxygens (including phenoxy) is 1. The molecule has 162 valence electrons. The maximum atomic E-state index is 12.6. The van der Waals surface area contributed by atoms with Crippen molar-refractivity contribution in [1.29, 1.82) is 0 Å². The molecule has 1 aliphatic rings. The van der Waals surface area contributed by atoms with E-state index in [1.165, 1.54) is 24.8 Å². The second-order valence-electron chi connectivity index (χ2n) is 8.65. The van der Waals surface area contributed by atoms with Crippen molar-refractivity contribution < 1.29 is 9.53 Å². The second-order valence-corrected chi connectivity index (χ2v) is 8.65. The average molecular weight is 418 g/mol. The van der Waals surface area contributed by atoms with Gasteiger partial charge in [0.05, 0.1) is 0 Å². The molecular weight excluding hydrogens is 386 g/mol. The zero-order valence-electron chi connectivity index (χ0n) is 18.9. The Morgan fingerprint density at radius 3 is 2.65 bits per heavy atom. The van der Waals surface area contributed by atoms with E-state index in [1.54, 1.807) is 0 Å². The van der Waals surface area contributed by atoms with Gasteiger partial charge >= 0.3 is 0 Å². The van der Waals surface area contributed by atoms with Crippen LogP contribution in [0.25, 0.3) is 10.9 Å². The van der Waals surface area contributed by atoms with Crippen molar-refractivity contribution in [2.24, 2.45) is 0 Å². The van der Waals surface area contributed by atoms with Crippen LogP contribution in [0, 0.1) is 20.8 Å². The lowest BCUT2D eigenvalue weighted by atomic mass is 10.0. The molecule has 2 aromatic carbocycles. The summed E-state index contributed by atoms with van der Waals surface area (Å²) in [5.74, 6) is 1.44. The molecule has 1 unspecified atom stereocenters. The zero-order chi connectivity index (χ0) is 22.0. The van der Waals surface area contributed by atoms with E-state index in [1.807, 2.05) is 32.0 Å². The minimum atomic E-state index is -0.173. The molecule has 1 fully saturated rings. The Kier molecular flexibility index (Phi) is 6.12. The van der Waals surface area contributed by atoms with Crippen LogP contribution in [-0.2, 0) is 4.79 Å². The average Bonchev–Trinajstić information content (AvgIpc) is 2.74. The Labute approximate surface area is 184 Å². The molecule has 3 aromatic rings. The fraction of sp³-hybridized carbons (Fsp3) is 0.385. The van der Waals surface area contributed by atoms with E-state index in [0.717, 1.165) is 40.1 Å². The molecule has 31 heavy (non-hydrogen) atoms. The first-order chi connectivity index (χ1) is 14.9. The van der Waals surface area contributed by atoms with Gasteiger partial charge in [0.1, 0.15) is 17.1 Å². The van der Waals surface area contributed by atoms with Crippen molar-refractivity contribution in [1.82, 2.24) is 4.98 Å². The molecule has 1 aliphatic heterocycles. The van der Waals surface area contributed by atoms with Gasteiger partial charge < -0.3 is 15.0 Å². The summed E-state index contributed by atoms with van der Waals surface area (Å²) in [7, 11) is 0. The van der Waals surface area contributed by atoms with Gasteiger partial charge in [0.2, 0.25) is 0 Å². The molecule has 1 aromatic heterocycles. The fourth-order valence-corrected chi connectivity index (χ4v) is 4.52. The van der Waals surface area contributed by atoms with Crippen molar-refractivity contribution in [2.75, 3.05) is 23.4 Å². The van der Waals surface area contributed by atoms with E-state index in [9.17, 15) is 4.79 Å². The van der Waals surface area contributed by atoms with Crippen molar-refractivity contribution in [2.45, 2.75) is 53.0 Å². The highest BCUT2D eigenvalue weighted by Gasteiger charge is 2.20. The number of carbonyl (C=O) groups is 1. The van der Waals surface area contributed by atoms with Gasteiger partial charge in [0.15, 0.2) is 6.61 Å². The third-order valence-corrected chi connectivity index (χ3v) is 6.07. The van der Waals surface area contributed by atoms with Crippen molar-refractivity contribution in [3.8, 4) is 5.75 Å². The lowest BCUT2D eigenvalue weighted by Crippen LogP contribution is -2.37. The number of anilines is 2. The number of piperidine rings is 1. The number of aromatic nitrogens is 1. The van der Waals surface area contributed by atoms with Crippen LogP contribution < -0.4 is 15.0 Å². The van der Waals surface area contributed by atoms with Gasteiger partial charge in [-0.2, -0.15) is 0 Å². The summed E-state index contributed by atoms with van der Waals surface area (Å²) < 4.78 is 5.93. The zero-order valence-corrected chi connectivity index (χ0v) is 18.9. The summed E-state index contributed by atoms with van der Waals surface area (Å²) in [5.41, 5.74) is 4.95. The number of aryl methyl sites for hydroxylation is 3. The third kappa shape index (κ3) is 4.66. The first kappa shape index (κ1) is 21.2. The van der Waals surface area contributed by atoms with Crippen LogP contribution in [0.1, 0.15) is 42.9 Å². The van der Waals surface area contributed by atoms with E-state index < -0.39 is 0 Å². The molecule has 5 heteroatoms. The number of amides is 1. The maximum absolute atomic E-state index is 12.6. The monoisotopic (exact) mass is 417 g/mol. The van der Waals surface area contributed by atoms with E-state index in [-0.39, 0.29) is 12.5 Å². The molecule has 1 saturated heterocycles. The molecule has 2 heterocycles. The summed E-state index contributed by atoms with van der Waals surface area (Å²) in [6, 6.07) is 14.6. The number of benzene rings is 2. The highest BCUT2D eigenvalue weighted by molar-refractivity contribution is 5.94. The van der Waals surface area contributed by atoms with Gasteiger partial charge in [-0.3, -0.25) is 4.79 Å². The number of hydrogen-bond donors (Lipinski definition) is 1. The Hall–Kier alpha value is -3.08. The molecule has 0 radical (unpaired) electrons. The third-order valence-electron chi connectivity index (χ3n) is 6.07. The van der Waals surface area contributed by atoms with E-state index in [2.05, 4.69) is 48.3 Å². The van der Waals surface area contributed by atoms with Gasteiger partial charge in [-0.15, -0.1) is 0 Å². The quantitative estimate of drug-likeness (QED) is 0.591. The van der Waals surface area contributed by atoms with Crippen LogP contribution in [0.15, 0.2) is 42.5 Å². The summed E-state index contributed by atoms with van der Waals surface area (Å²) in [6.45, 7) is 9.30. The molecule has 0 saturated carbocycles. The van der Waals surface area contributed by atoms with Gasteiger partial charge in [-0.05, 0) is 76.3 Å². The minimum absolute atomic E-state index is 0.0576. The van der Waals surface area contributed by atoms with Crippen LogP contribution >= 0.6 is 0 Å². The second kappa shape index (κ2) is 8.96. The Bertz CT molecular complexity index is 1090. The van der Waals surface area contributed by atoms with Crippen molar-refractivity contribution in [3.05, 3.63) is 59.2 Å². The van der Waals surface area contributed by atoms with Crippen LogP contribution in [-0.4, -0.2) is 30.1 Å². The molecule has 1 atom stereocenters. The molecule has 1 amide bonds. The van der Waals surface area contributed by atoms with E-state index in [4.69, 9.17) is 9.72 Å². The summed E-state index contributed by atoms with van der Waals surface area (Å²) in [6.07, 6.45) is 3.66. The Morgan fingerprint density at radius 2 is 1.90 bits per heavy atom. The van der Waals surface area contributed by atoms with Gasteiger partial charge in [-0.1, -0.05) is 29.8 Å². The molecule has 0 spiro atoms. The summed E-state index contributed by atoms with van der Waals surface area (Å²) in [4.78, 5) is 19.9. The lowest BCUT2D eigenvalue weighted by Gasteiger charge is -2.34. The van der Waals surface area contributed by atoms with Crippen LogP contribution in [0.4, 0.5) is 11.5 Å². The van der Waals surface area contributed by atoms with Gasteiger partial charge in [0.25, 0.3) is 5.91 Å². The number of fused-ring (bicyclic) bond motifs is 1. The predicted octanol–water partition coefficient (Wildman–Crippen LogP) is 5.56. The van der Waals surface area contributed by atoms with Crippen LogP contribution in [0.3, 0.4) is 0 Å². The summed E-state index contributed by atoms with van der Waals surface area (Å²) in [5, 5.41) is 4.01. The van der Waals surface area contributed by atoms with Crippen LogP contribution in [0.5, 0.6) is 5.75 Å². The standard InChI is InChI=1S/C26H31N3O2/c1-17-14-18(2)25(19(3)15-17)28-24(30)16-31-22-10-7-9-21-11-12-23(27-26(21)22)29-13-6-5-8-20(29)4/h7,9-12,14-15,20H,5-6,8,13,16H2,1-4H3,(H,28,30).